The minimum absolute atomic E-state index is 0.113. The smallest absolute Gasteiger partial charge is 0.403 e. The van der Waals surface area contributed by atoms with Crippen LogP contribution in [0.15, 0.2) is 21.4 Å². The molecule has 0 aliphatic rings. The molecule has 11 heteroatoms. The number of aromatic amines is 1. The van der Waals surface area contributed by atoms with Gasteiger partial charge in [-0.15, -0.1) is 13.2 Å². The summed E-state index contributed by atoms with van der Waals surface area (Å²) in [5.41, 5.74) is 2.14. The normalized spacial score (nSPS) is 10.8. The molecule has 25 heavy (non-hydrogen) atoms. The number of nitrogen functional groups attached to an aromatic ring is 1. The molecule has 128 valence electrons. The van der Waals surface area contributed by atoms with E-state index in [1.807, 2.05) is 4.98 Å². The molecule has 0 atom stereocenters. The number of anilines is 1. The van der Waals surface area contributed by atoms with Crippen molar-refractivity contribution >= 4 is 21.7 Å². The van der Waals surface area contributed by atoms with Gasteiger partial charge in [-0.05, 0) is 12.1 Å². The van der Waals surface area contributed by atoms with Crippen LogP contribution >= 0.6 is 15.9 Å². The van der Waals surface area contributed by atoms with Gasteiger partial charge in [0.05, 0.1) is 0 Å². The second-order valence-electron chi connectivity index (χ2n) is 4.50. The molecular formula is C14H5BrF4N4O2. The Bertz CT molecular complexity index is 1000. The first-order valence-electron chi connectivity index (χ1n) is 6.20. The van der Waals surface area contributed by atoms with E-state index in [9.17, 15) is 27.6 Å². The fraction of sp³-hybridized carbons (Fsp3) is 0.0714. The van der Waals surface area contributed by atoms with Crippen LogP contribution in [-0.2, 0) is 0 Å². The van der Waals surface area contributed by atoms with E-state index in [1.165, 1.54) is 6.07 Å². The van der Waals surface area contributed by atoms with Crippen molar-refractivity contribution < 1.29 is 22.3 Å². The van der Waals surface area contributed by atoms with E-state index < -0.39 is 51.6 Å². The average Bonchev–Trinajstić information content (AvgIpc) is 2.49. The second kappa shape index (κ2) is 6.45. The lowest BCUT2D eigenvalue weighted by atomic mass is 9.96. The number of nitrogens with one attached hydrogen (secondary N) is 1. The van der Waals surface area contributed by atoms with E-state index in [2.05, 4.69) is 20.7 Å². The van der Waals surface area contributed by atoms with Gasteiger partial charge >= 0.3 is 6.36 Å². The molecule has 3 N–H and O–H groups in total. The molecular weight excluding hydrogens is 412 g/mol. The number of hydrogen-bond acceptors (Lipinski definition) is 5. The van der Waals surface area contributed by atoms with Crippen LogP contribution in [-0.4, -0.2) is 11.3 Å². The zero-order valence-electron chi connectivity index (χ0n) is 11.8. The van der Waals surface area contributed by atoms with Crippen LogP contribution < -0.4 is 16.0 Å². The van der Waals surface area contributed by atoms with Crippen molar-refractivity contribution in [2.75, 3.05) is 5.73 Å². The highest BCUT2D eigenvalue weighted by atomic mass is 79.9. The van der Waals surface area contributed by atoms with Gasteiger partial charge in [-0.3, -0.25) is 4.79 Å². The molecule has 0 bridgehead atoms. The van der Waals surface area contributed by atoms with Crippen LogP contribution in [0.5, 0.6) is 5.75 Å². The lowest BCUT2D eigenvalue weighted by Gasteiger charge is -2.15. The fourth-order valence-electron chi connectivity index (χ4n) is 2.06. The number of nitrogens with two attached hydrogens (primary N) is 1. The summed E-state index contributed by atoms with van der Waals surface area (Å²) in [6, 6.07) is 4.79. The van der Waals surface area contributed by atoms with Crippen LogP contribution in [0, 0.1) is 28.5 Å². The standard InChI is InChI=1S/C14H5BrF4N4O2/c15-7-1-2-8(25-14(17,18)19)11(16)10(7)9-5(3-20)12(22)23-13(24)6(9)4-21/h1-2H,(H3,22,23,24). The fourth-order valence-corrected chi connectivity index (χ4v) is 2.56. The molecule has 2 aromatic rings. The van der Waals surface area contributed by atoms with Crippen LogP contribution in [0.25, 0.3) is 11.1 Å². The number of H-pyrrole nitrogens is 1. The Morgan fingerprint density at radius 1 is 1.16 bits per heavy atom. The van der Waals surface area contributed by atoms with Gasteiger partial charge in [0.2, 0.25) is 0 Å². The molecule has 1 aromatic carbocycles. The summed E-state index contributed by atoms with van der Waals surface area (Å²) in [6.45, 7) is 0. The number of nitriles is 2. The van der Waals surface area contributed by atoms with Crippen LogP contribution in [0.3, 0.4) is 0 Å². The summed E-state index contributed by atoms with van der Waals surface area (Å²) >= 11 is 2.92. The lowest BCUT2D eigenvalue weighted by molar-refractivity contribution is -0.275. The van der Waals surface area contributed by atoms with Crippen LogP contribution in [0.4, 0.5) is 23.4 Å². The summed E-state index contributed by atoms with van der Waals surface area (Å²) in [6.07, 6.45) is -5.17. The second-order valence-corrected chi connectivity index (χ2v) is 5.35. The van der Waals surface area contributed by atoms with E-state index in [0.717, 1.165) is 6.07 Å². The van der Waals surface area contributed by atoms with Gasteiger partial charge in [-0.1, -0.05) is 15.9 Å². The van der Waals surface area contributed by atoms with Gasteiger partial charge in [-0.25, -0.2) is 4.39 Å². The Kier molecular flexibility index (Phi) is 4.72. The molecule has 0 aliphatic carbocycles. The van der Waals surface area contributed by atoms with E-state index in [1.54, 1.807) is 6.07 Å². The molecule has 0 amide bonds. The molecule has 6 nitrogen and oxygen atoms in total. The quantitative estimate of drug-likeness (QED) is 0.729. The third-order valence-electron chi connectivity index (χ3n) is 3.00. The Hall–Kier alpha value is -3.05. The molecule has 2 rings (SSSR count). The van der Waals surface area contributed by atoms with Crippen molar-refractivity contribution in [3.8, 4) is 29.0 Å². The van der Waals surface area contributed by atoms with Gasteiger partial charge in [0.15, 0.2) is 11.6 Å². The highest BCUT2D eigenvalue weighted by molar-refractivity contribution is 9.10. The Morgan fingerprint density at radius 2 is 1.76 bits per heavy atom. The third kappa shape index (κ3) is 3.41. The van der Waals surface area contributed by atoms with E-state index in [0.29, 0.717) is 6.07 Å². The number of aromatic nitrogens is 1. The third-order valence-corrected chi connectivity index (χ3v) is 3.66. The summed E-state index contributed by atoms with van der Waals surface area (Å²) < 4.78 is 55.3. The maximum atomic E-state index is 14.6. The number of hydrogen-bond donors (Lipinski definition) is 2. The van der Waals surface area contributed by atoms with Crippen molar-refractivity contribution in [3.05, 3.63) is 43.9 Å². The molecule has 1 aromatic heterocycles. The molecule has 0 aliphatic heterocycles. The molecule has 0 spiro atoms. The minimum Gasteiger partial charge on any atom is -0.403 e. The van der Waals surface area contributed by atoms with E-state index >= 15 is 0 Å². The van der Waals surface area contributed by atoms with Gasteiger partial charge in [0.25, 0.3) is 5.56 Å². The van der Waals surface area contributed by atoms with Crippen LogP contribution in [0.1, 0.15) is 11.1 Å². The van der Waals surface area contributed by atoms with Gasteiger partial charge in [0.1, 0.15) is 29.1 Å². The maximum absolute atomic E-state index is 14.6. The predicted octanol–water partition coefficient (Wildman–Crippen LogP) is 3.17. The number of halogens is 5. The van der Waals surface area contributed by atoms with E-state index in [4.69, 9.17) is 11.0 Å². The largest absolute Gasteiger partial charge is 0.573 e. The lowest BCUT2D eigenvalue weighted by Crippen LogP contribution is -2.19. The highest BCUT2D eigenvalue weighted by Crippen LogP contribution is 2.40. The molecule has 0 radical (unpaired) electrons. The van der Waals surface area contributed by atoms with Crippen molar-refractivity contribution in [2.45, 2.75) is 6.36 Å². The summed E-state index contributed by atoms with van der Waals surface area (Å²) in [5, 5.41) is 18.3. The summed E-state index contributed by atoms with van der Waals surface area (Å²) in [5.74, 6) is -3.18. The van der Waals surface area contributed by atoms with Crippen molar-refractivity contribution in [2.24, 2.45) is 0 Å². The van der Waals surface area contributed by atoms with Gasteiger partial charge in [-0.2, -0.15) is 10.5 Å². The summed E-state index contributed by atoms with van der Waals surface area (Å²) in [4.78, 5) is 13.9. The van der Waals surface area contributed by atoms with E-state index in [-0.39, 0.29) is 4.47 Å². The maximum Gasteiger partial charge on any atom is 0.573 e. The predicted molar refractivity (Wildman–Crippen MR) is 80.7 cm³/mol. The van der Waals surface area contributed by atoms with Crippen molar-refractivity contribution in [3.63, 3.8) is 0 Å². The number of pyridine rings is 1. The number of benzene rings is 1. The number of nitrogens with zero attached hydrogens (tertiary/aromatic N) is 2. The molecule has 1 heterocycles. The minimum atomic E-state index is -5.17. The van der Waals surface area contributed by atoms with Crippen molar-refractivity contribution in [1.82, 2.24) is 4.98 Å². The zero-order chi connectivity index (χ0) is 18.9. The average molecular weight is 417 g/mol. The Labute approximate surface area is 145 Å². The number of ether oxygens (including phenoxy) is 1. The van der Waals surface area contributed by atoms with Gasteiger partial charge in [0, 0.05) is 15.6 Å². The summed E-state index contributed by atoms with van der Waals surface area (Å²) in [7, 11) is 0. The highest BCUT2D eigenvalue weighted by Gasteiger charge is 2.34. The zero-order valence-corrected chi connectivity index (χ0v) is 13.4. The molecule has 0 unspecified atom stereocenters. The monoisotopic (exact) mass is 416 g/mol. The Morgan fingerprint density at radius 3 is 2.28 bits per heavy atom. The van der Waals surface area contributed by atoms with Crippen molar-refractivity contribution in [1.29, 1.82) is 10.5 Å². The number of alkyl halides is 3. The van der Waals surface area contributed by atoms with Gasteiger partial charge < -0.3 is 15.5 Å². The first-order valence-corrected chi connectivity index (χ1v) is 7.00. The molecule has 0 saturated heterocycles. The Balaban J connectivity index is 2.94. The molecule has 0 fully saturated rings. The van der Waals surface area contributed by atoms with Crippen LogP contribution in [0.2, 0.25) is 0 Å². The first-order chi connectivity index (χ1) is 11.6. The topological polar surface area (TPSA) is 116 Å². The molecule has 0 saturated carbocycles. The number of rotatable bonds is 2. The SMILES string of the molecule is N#Cc1c(N)[nH]c(=O)c(C#N)c1-c1c(Br)ccc(OC(F)(F)F)c1F. The first kappa shape index (κ1) is 18.3.